The molecule has 2 aromatic heterocycles. The molecule has 20 heavy (non-hydrogen) atoms. The molecule has 0 amide bonds. The predicted molar refractivity (Wildman–Crippen MR) is 77.6 cm³/mol. The molecule has 0 bridgehead atoms. The third-order valence-corrected chi connectivity index (χ3v) is 3.08. The lowest BCUT2D eigenvalue weighted by Crippen LogP contribution is -2.10. The van der Waals surface area contributed by atoms with E-state index in [2.05, 4.69) is 25.3 Å². The number of anilines is 2. The van der Waals surface area contributed by atoms with Gasteiger partial charge >= 0.3 is 0 Å². The van der Waals surface area contributed by atoms with E-state index in [0.29, 0.717) is 23.1 Å². The highest BCUT2D eigenvalue weighted by Gasteiger charge is 2.05. The molecule has 0 spiro atoms. The topological polar surface area (TPSA) is 112 Å². The summed E-state index contributed by atoms with van der Waals surface area (Å²) in [5.41, 5.74) is 8.73. The highest BCUT2D eigenvalue weighted by atomic mass is 16.1. The third-order valence-electron chi connectivity index (χ3n) is 3.08. The fourth-order valence-corrected chi connectivity index (χ4v) is 2.04. The molecule has 7 heteroatoms. The second-order valence-electron chi connectivity index (χ2n) is 4.44. The predicted octanol–water partition coefficient (Wildman–Crippen LogP) is 0.883. The first-order chi connectivity index (χ1) is 9.74. The number of benzene rings is 1. The van der Waals surface area contributed by atoms with Crippen molar-refractivity contribution in [1.29, 1.82) is 0 Å². The monoisotopic (exact) mass is 270 g/mol. The van der Waals surface area contributed by atoms with Gasteiger partial charge in [0.2, 0.25) is 0 Å². The van der Waals surface area contributed by atoms with Gasteiger partial charge in [0.15, 0.2) is 0 Å². The normalized spacial score (nSPS) is 10.8. The Hall–Kier alpha value is -2.83. The number of nitrogens with zero attached hydrogens (tertiary/aromatic N) is 2. The molecule has 0 saturated heterocycles. The summed E-state index contributed by atoms with van der Waals surface area (Å²) in [4.78, 5) is 25.3. The number of rotatable bonds is 4. The van der Waals surface area contributed by atoms with Gasteiger partial charge in [-0.2, -0.15) is 0 Å². The van der Waals surface area contributed by atoms with Crippen molar-refractivity contribution < 1.29 is 0 Å². The molecule has 0 fully saturated rings. The zero-order valence-corrected chi connectivity index (χ0v) is 10.7. The van der Waals surface area contributed by atoms with Gasteiger partial charge in [0.05, 0.1) is 34.9 Å². The Morgan fingerprint density at radius 1 is 1.25 bits per heavy atom. The molecule has 5 N–H and O–H groups in total. The number of hydrogen-bond donors (Lipinski definition) is 4. The van der Waals surface area contributed by atoms with Gasteiger partial charge in [-0.15, -0.1) is 0 Å². The summed E-state index contributed by atoms with van der Waals surface area (Å²) in [6, 6.07) is 3.42. The van der Waals surface area contributed by atoms with Crippen molar-refractivity contribution >= 4 is 22.3 Å². The van der Waals surface area contributed by atoms with E-state index in [9.17, 15) is 4.79 Å². The minimum Gasteiger partial charge on any atom is -0.397 e. The maximum absolute atomic E-state index is 11.6. The van der Waals surface area contributed by atoms with Crippen LogP contribution in [0, 0.1) is 0 Å². The molecule has 3 aromatic rings. The molecular weight excluding hydrogens is 256 g/mol. The number of nitrogens with one attached hydrogen (secondary N) is 3. The molecule has 1 aromatic carbocycles. The van der Waals surface area contributed by atoms with Crippen LogP contribution in [0.25, 0.3) is 10.9 Å². The van der Waals surface area contributed by atoms with Crippen molar-refractivity contribution in [2.75, 3.05) is 17.6 Å². The first-order valence-corrected chi connectivity index (χ1v) is 6.22. The number of aromatic amines is 2. The quantitative estimate of drug-likeness (QED) is 0.526. The van der Waals surface area contributed by atoms with Crippen LogP contribution < -0.4 is 16.6 Å². The summed E-state index contributed by atoms with van der Waals surface area (Å²) in [7, 11) is 0. The molecule has 0 saturated carbocycles. The molecule has 2 heterocycles. The Morgan fingerprint density at radius 2 is 2.15 bits per heavy atom. The summed E-state index contributed by atoms with van der Waals surface area (Å²) in [5, 5.41) is 3.73. The van der Waals surface area contributed by atoms with Crippen LogP contribution in [0.2, 0.25) is 0 Å². The average molecular weight is 270 g/mol. The summed E-state index contributed by atoms with van der Waals surface area (Å²) in [6.07, 6.45) is 5.62. The number of nitrogen functional groups attached to an aromatic ring is 1. The molecular formula is C13H14N6O. The van der Waals surface area contributed by atoms with Crippen molar-refractivity contribution in [1.82, 2.24) is 19.9 Å². The number of aromatic nitrogens is 4. The molecule has 0 aliphatic heterocycles. The first kappa shape index (κ1) is 12.2. The average Bonchev–Trinajstić information content (AvgIpc) is 2.94. The van der Waals surface area contributed by atoms with Gasteiger partial charge in [-0.3, -0.25) is 4.79 Å². The fourth-order valence-electron chi connectivity index (χ4n) is 2.04. The number of hydrogen-bond acceptors (Lipinski definition) is 5. The molecule has 3 rings (SSSR count). The van der Waals surface area contributed by atoms with Crippen molar-refractivity contribution in [3.63, 3.8) is 0 Å². The van der Waals surface area contributed by atoms with Crippen molar-refractivity contribution in [2.24, 2.45) is 0 Å². The van der Waals surface area contributed by atoms with E-state index in [0.717, 1.165) is 17.8 Å². The van der Waals surface area contributed by atoms with Crippen LogP contribution >= 0.6 is 0 Å². The highest BCUT2D eigenvalue weighted by molar-refractivity contribution is 5.88. The van der Waals surface area contributed by atoms with Crippen molar-refractivity contribution in [3.05, 3.63) is 47.0 Å². The van der Waals surface area contributed by atoms with E-state index in [1.54, 1.807) is 24.7 Å². The summed E-state index contributed by atoms with van der Waals surface area (Å²) >= 11 is 0. The third kappa shape index (κ3) is 2.33. The lowest BCUT2D eigenvalue weighted by molar-refractivity contribution is 0.977. The Kier molecular flexibility index (Phi) is 3.08. The van der Waals surface area contributed by atoms with Crippen molar-refractivity contribution in [2.45, 2.75) is 6.42 Å². The fraction of sp³-hybridized carbons (Fsp3) is 0.154. The van der Waals surface area contributed by atoms with Crippen LogP contribution in [0.4, 0.5) is 11.4 Å². The minimum absolute atomic E-state index is 0.189. The number of nitrogens with two attached hydrogens (primary N) is 1. The van der Waals surface area contributed by atoms with E-state index in [1.807, 2.05) is 0 Å². The van der Waals surface area contributed by atoms with E-state index in [-0.39, 0.29) is 5.56 Å². The van der Waals surface area contributed by atoms with Gasteiger partial charge in [-0.25, -0.2) is 9.97 Å². The summed E-state index contributed by atoms with van der Waals surface area (Å²) in [6.45, 7) is 0.709. The SMILES string of the molecule is Nc1cc2c(=O)[nH]cnc2cc1NCCc1cnc[nH]1. The second kappa shape index (κ2) is 5.04. The number of H-pyrrole nitrogens is 2. The van der Waals surface area contributed by atoms with Crippen LogP contribution in [0.15, 0.2) is 35.8 Å². The van der Waals surface area contributed by atoms with Crippen LogP contribution in [0.1, 0.15) is 5.69 Å². The maximum Gasteiger partial charge on any atom is 0.258 e. The number of fused-ring (bicyclic) bond motifs is 1. The maximum atomic E-state index is 11.6. The van der Waals surface area contributed by atoms with Gasteiger partial charge < -0.3 is 21.0 Å². The summed E-state index contributed by atoms with van der Waals surface area (Å²) < 4.78 is 0. The second-order valence-corrected chi connectivity index (χ2v) is 4.44. The van der Waals surface area contributed by atoms with E-state index in [1.165, 1.54) is 6.33 Å². The summed E-state index contributed by atoms with van der Waals surface area (Å²) in [5.74, 6) is 0. The zero-order chi connectivity index (χ0) is 13.9. The number of imidazole rings is 1. The van der Waals surface area contributed by atoms with Crippen LogP contribution in [-0.4, -0.2) is 26.5 Å². The molecule has 102 valence electrons. The van der Waals surface area contributed by atoms with Crippen LogP contribution in [-0.2, 0) is 6.42 Å². The van der Waals surface area contributed by atoms with Gasteiger partial charge in [0.1, 0.15) is 0 Å². The van der Waals surface area contributed by atoms with Gasteiger partial charge in [-0.1, -0.05) is 0 Å². The molecule has 0 radical (unpaired) electrons. The van der Waals surface area contributed by atoms with Crippen LogP contribution in [0.3, 0.4) is 0 Å². The van der Waals surface area contributed by atoms with Gasteiger partial charge in [-0.05, 0) is 12.1 Å². The Balaban J connectivity index is 1.81. The van der Waals surface area contributed by atoms with Crippen molar-refractivity contribution in [3.8, 4) is 0 Å². The Morgan fingerprint density at radius 3 is 2.95 bits per heavy atom. The standard InChI is InChI=1S/C13H14N6O/c14-10-3-9-11(18-7-19-13(9)20)4-12(10)16-2-1-8-5-15-6-17-8/h3-7,16H,1-2,14H2,(H,15,17)(H,18,19,20). The lowest BCUT2D eigenvalue weighted by atomic mass is 10.2. The largest absolute Gasteiger partial charge is 0.397 e. The Bertz CT molecular complexity index is 777. The highest BCUT2D eigenvalue weighted by Crippen LogP contribution is 2.22. The van der Waals surface area contributed by atoms with Gasteiger partial charge in [0.25, 0.3) is 5.56 Å². The smallest absolute Gasteiger partial charge is 0.258 e. The Labute approximate surface area is 114 Å². The molecule has 7 nitrogen and oxygen atoms in total. The minimum atomic E-state index is -0.189. The van der Waals surface area contributed by atoms with E-state index < -0.39 is 0 Å². The van der Waals surface area contributed by atoms with Crippen LogP contribution in [0.5, 0.6) is 0 Å². The molecule has 0 aliphatic carbocycles. The van der Waals surface area contributed by atoms with E-state index >= 15 is 0 Å². The molecule has 0 unspecified atom stereocenters. The van der Waals surface area contributed by atoms with Gasteiger partial charge in [0, 0.05) is 24.9 Å². The zero-order valence-electron chi connectivity index (χ0n) is 10.7. The molecule has 0 aliphatic rings. The lowest BCUT2D eigenvalue weighted by Gasteiger charge is -2.09. The first-order valence-electron chi connectivity index (χ1n) is 6.22. The molecule has 0 atom stereocenters. The van der Waals surface area contributed by atoms with E-state index in [4.69, 9.17) is 5.73 Å².